The van der Waals surface area contributed by atoms with Crippen LogP contribution in [0.25, 0.3) is 0 Å². The molecule has 1 aliphatic heterocycles. The van der Waals surface area contributed by atoms with Gasteiger partial charge >= 0.3 is 12.1 Å². The number of carboxylic acid groups (broad SMARTS) is 1. The molecule has 0 aromatic heterocycles. The molecule has 1 saturated heterocycles. The molecule has 3 N–H and O–H groups in total. The number of amides is 2. The number of aliphatic carboxylic acids is 1. The number of halogens is 3. The average Bonchev–Trinajstić information content (AvgIpc) is 2.69. The summed E-state index contributed by atoms with van der Waals surface area (Å²) in [5.41, 5.74) is 2.56. The second-order valence-corrected chi connectivity index (χ2v) is 7.15. The van der Waals surface area contributed by atoms with E-state index in [1.165, 1.54) is 11.1 Å². The fraction of sp³-hybridized carbons (Fsp3) is 0.550. The molecule has 2 amide bonds. The van der Waals surface area contributed by atoms with E-state index in [-0.39, 0.29) is 30.3 Å². The molecule has 7 nitrogen and oxygen atoms in total. The van der Waals surface area contributed by atoms with E-state index >= 15 is 0 Å². The van der Waals surface area contributed by atoms with Crippen molar-refractivity contribution in [2.45, 2.75) is 50.9 Å². The Morgan fingerprint density at radius 1 is 1.30 bits per heavy atom. The molecular formula is C20H26F3N3O4. The van der Waals surface area contributed by atoms with E-state index in [0.717, 1.165) is 32.4 Å². The molecule has 30 heavy (non-hydrogen) atoms. The molecule has 0 saturated carbocycles. The summed E-state index contributed by atoms with van der Waals surface area (Å²) < 4.78 is 31.7. The highest BCUT2D eigenvalue weighted by Crippen LogP contribution is 2.29. The Morgan fingerprint density at radius 2 is 1.97 bits per heavy atom. The van der Waals surface area contributed by atoms with Gasteiger partial charge < -0.3 is 15.7 Å². The molecule has 2 unspecified atom stereocenters. The first-order valence-corrected chi connectivity index (χ1v) is 9.82. The molecular weight excluding hydrogens is 403 g/mol. The Balaban J connectivity index is 0.000000396. The van der Waals surface area contributed by atoms with Crippen LogP contribution in [0.3, 0.4) is 0 Å². The zero-order valence-electron chi connectivity index (χ0n) is 16.7. The van der Waals surface area contributed by atoms with Crippen LogP contribution in [-0.2, 0) is 20.8 Å². The molecule has 2 atom stereocenters. The van der Waals surface area contributed by atoms with Crippen molar-refractivity contribution < 1.29 is 32.7 Å². The van der Waals surface area contributed by atoms with E-state index in [0.29, 0.717) is 6.54 Å². The largest absolute Gasteiger partial charge is 0.490 e. The molecule has 10 heteroatoms. The third-order valence-electron chi connectivity index (χ3n) is 5.17. The lowest BCUT2D eigenvalue weighted by molar-refractivity contribution is -0.192. The van der Waals surface area contributed by atoms with Crippen LogP contribution < -0.4 is 10.6 Å². The second kappa shape index (κ2) is 10.4. The molecule has 0 spiro atoms. The number of fused-ring (bicyclic) bond motifs is 1. The predicted molar refractivity (Wildman–Crippen MR) is 103 cm³/mol. The third kappa shape index (κ3) is 6.45. The van der Waals surface area contributed by atoms with Crippen LogP contribution in [0, 0.1) is 0 Å². The molecule has 1 heterocycles. The molecule has 0 radical (unpaired) electrons. The number of nitrogens with zero attached hydrogens (tertiary/aromatic N) is 1. The standard InChI is InChI=1S/C18H25N3O2.C2HF3O2/c1-2-21-11-10-19-18(23)16(21)12-17(22)20-15-9-5-7-13-6-3-4-8-14(13)15;3-2(4,5)1(6)7/h3-4,6,8,15-16H,2,5,7,9-12H2,1H3,(H,19,23)(H,20,22);(H,6,7). The van der Waals surface area contributed by atoms with Gasteiger partial charge in [0.05, 0.1) is 18.5 Å². The van der Waals surface area contributed by atoms with Crippen molar-refractivity contribution >= 4 is 17.8 Å². The van der Waals surface area contributed by atoms with Crippen molar-refractivity contribution in [3.05, 3.63) is 35.4 Å². The lowest BCUT2D eigenvalue weighted by Gasteiger charge is -2.34. The Hall–Kier alpha value is -2.62. The molecule has 166 valence electrons. The summed E-state index contributed by atoms with van der Waals surface area (Å²) in [4.78, 5) is 35.5. The fourth-order valence-corrected chi connectivity index (χ4v) is 3.70. The normalized spacial score (nSPS) is 21.5. The number of benzene rings is 1. The maximum Gasteiger partial charge on any atom is 0.490 e. The summed E-state index contributed by atoms with van der Waals surface area (Å²) in [5, 5.41) is 13.1. The van der Waals surface area contributed by atoms with Gasteiger partial charge in [0, 0.05) is 13.1 Å². The Bertz CT molecular complexity index is 770. The van der Waals surface area contributed by atoms with Crippen molar-refractivity contribution in [1.29, 1.82) is 0 Å². The zero-order valence-corrected chi connectivity index (χ0v) is 16.7. The summed E-state index contributed by atoms with van der Waals surface area (Å²) >= 11 is 0. The Labute approximate surface area is 172 Å². The van der Waals surface area contributed by atoms with Gasteiger partial charge in [-0.25, -0.2) is 4.79 Å². The number of alkyl halides is 3. The van der Waals surface area contributed by atoms with Crippen molar-refractivity contribution in [1.82, 2.24) is 15.5 Å². The molecule has 0 bridgehead atoms. The number of hydrogen-bond acceptors (Lipinski definition) is 4. The minimum absolute atomic E-state index is 0.0303. The van der Waals surface area contributed by atoms with E-state index in [9.17, 15) is 22.8 Å². The van der Waals surface area contributed by atoms with Crippen molar-refractivity contribution in [3.8, 4) is 0 Å². The highest BCUT2D eigenvalue weighted by atomic mass is 19.4. The summed E-state index contributed by atoms with van der Waals surface area (Å²) in [5.74, 6) is -2.82. The number of aryl methyl sites for hydroxylation is 1. The molecule has 1 aromatic carbocycles. The summed E-state index contributed by atoms with van der Waals surface area (Å²) in [6.45, 7) is 4.30. The van der Waals surface area contributed by atoms with Crippen LogP contribution >= 0.6 is 0 Å². The first kappa shape index (κ1) is 23.7. The van der Waals surface area contributed by atoms with Gasteiger partial charge in [-0.2, -0.15) is 13.2 Å². The minimum atomic E-state index is -5.08. The number of hydrogen-bond donors (Lipinski definition) is 3. The lowest BCUT2D eigenvalue weighted by atomic mass is 9.87. The van der Waals surface area contributed by atoms with Crippen molar-refractivity contribution in [3.63, 3.8) is 0 Å². The van der Waals surface area contributed by atoms with Crippen molar-refractivity contribution in [2.75, 3.05) is 19.6 Å². The molecule has 3 rings (SSSR count). The first-order chi connectivity index (χ1) is 14.1. The molecule has 1 fully saturated rings. The number of carbonyl (C=O) groups excluding carboxylic acids is 2. The van der Waals surface area contributed by atoms with Crippen molar-refractivity contribution in [2.24, 2.45) is 0 Å². The monoisotopic (exact) mass is 429 g/mol. The number of carbonyl (C=O) groups is 3. The molecule has 2 aliphatic rings. The van der Waals surface area contributed by atoms with E-state index in [1.54, 1.807) is 0 Å². The Kier molecular flexibility index (Phi) is 8.22. The van der Waals surface area contributed by atoms with Gasteiger partial charge in [-0.15, -0.1) is 0 Å². The summed E-state index contributed by atoms with van der Waals surface area (Å²) in [6, 6.07) is 8.05. The van der Waals surface area contributed by atoms with E-state index in [2.05, 4.69) is 33.7 Å². The smallest absolute Gasteiger partial charge is 0.475 e. The highest BCUT2D eigenvalue weighted by Gasteiger charge is 2.38. The number of likely N-dealkylation sites (N-methyl/N-ethyl adjacent to an activating group) is 1. The van der Waals surface area contributed by atoms with Gasteiger partial charge in [-0.3, -0.25) is 14.5 Å². The number of nitrogens with one attached hydrogen (secondary N) is 2. The Morgan fingerprint density at radius 3 is 2.60 bits per heavy atom. The minimum Gasteiger partial charge on any atom is -0.475 e. The van der Waals surface area contributed by atoms with E-state index in [1.807, 2.05) is 13.0 Å². The van der Waals surface area contributed by atoms with Crippen LogP contribution in [0.2, 0.25) is 0 Å². The van der Waals surface area contributed by atoms with Crippen LogP contribution in [0.15, 0.2) is 24.3 Å². The zero-order chi connectivity index (χ0) is 22.3. The van der Waals surface area contributed by atoms with Crippen LogP contribution in [0.4, 0.5) is 13.2 Å². The highest BCUT2D eigenvalue weighted by molar-refractivity contribution is 5.89. The van der Waals surface area contributed by atoms with Crippen LogP contribution in [0.5, 0.6) is 0 Å². The number of piperazine rings is 1. The fourth-order valence-electron chi connectivity index (χ4n) is 3.70. The molecule has 1 aliphatic carbocycles. The van der Waals surface area contributed by atoms with Gasteiger partial charge in [0.1, 0.15) is 0 Å². The van der Waals surface area contributed by atoms with Gasteiger partial charge in [0.25, 0.3) is 0 Å². The lowest BCUT2D eigenvalue weighted by Crippen LogP contribution is -2.56. The third-order valence-corrected chi connectivity index (χ3v) is 5.17. The average molecular weight is 429 g/mol. The summed E-state index contributed by atoms with van der Waals surface area (Å²) in [6.07, 6.45) is -1.71. The van der Waals surface area contributed by atoms with Gasteiger partial charge in [0.15, 0.2) is 0 Å². The maximum absolute atomic E-state index is 12.5. The van der Waals surface area contributed by atoms with Gasteiger partial charge in [0.2, 0.25) is 11.8 Å². The molecule has 1 aromatic rings. The van der Waals surface area contributed by atoms with Gasteiger partial charge in [-0.05, 0) is 36.9 Å². The van der Waals surface area contributed by atoms with Gasteiger partial charge in [-0.1, -0.05) is 31.2 Å². The van der Waals surface area contributed by atoms with E-state index < -0.39 is 12.1 Å². The predicted octanol–water partition coefficient (Wildman–Crippen LogP) is 2.02. The summed E-state index contributed by atoms with van der Waals surface area (Å²) in [7, 11) is 0. The second-order valence-electron chi connectivity index (χ2n) is 7.15. The maximum atomic E-state index is 12.5. The van der Waals surface area contributed by atoms with E-state index in [4.69, 9.17) is 9.90 Å². The van der Waals surface area contributed by atoms with Crippen LogP contribution in [0.1, 0.15) is 43.4 Å². The van der Waals surface area contributed by atoms with Crippen LogP contribution in [-0.4, -0.2) is 59.6 Å². The SMILES string of the molecule is CCN1CCNC(=O)C1CC(=O)NC1CCCc2ccccc21.O=C(O)C(F)(F)F. The quantitative estimate of drug-likeness (QED) is 0.680. The first-order valence-electron chi connectivity index (χ1n) is 9.82. The number of carboxylic acids is 1. The number of rotatable bonds is 4. The topological polar surface area (TPSA) is 98.7 Å².